The van der Waals surface area contributed by atoms with Gasteiger partial charge in [-0.25, -0.2) is 0 Å². The molecule has 15 heavy (non-hydrogen) atoms. The van der Waals surface area contributed by atoms with Crippen molar-refractivity contribution in [3.63, 3.8) is 0 Å². The maximum atomic E-state index is 11.4. The second kappa shape index (κ2) is 6.40. The Hall–Kier alpha value is -1.10. The first-order chi connectivity index (χ1) is 6.70. The highest BCUT2D eigenvalue weighted by molar-refractivity contribution is 5.82. The fraction of sp³-hybridized carbons (Fsp3) is 0.800. The molecule has 0 aromatic carbocycles. The van der Waals surface area contributed by atoms with Crippen molar-refractivity contribution in [1.29, 1.82) is 0 Å². The summed E-state index contributed by atoms with van der Waals surface area (Å²) in [7, 11) is 2.70. The molecule has 1 fully saturated rings. The van der Waals surface area contributed by atoms with Crippen molar-refractivity contribution in [2.45, 2.75) is 25.7 Å². The van der Waals surface area contributed by atoms with E-state index in [1.54, 1.807) is 0 Å². The van der Waals surface area contributed by atoms with Gasteiger partial charge in [-0.1, -0.05) is 12.8 Å². The molecule has 0 spiro atoms. The van der Waals surface area contributed by atoms with Crippen LogP contribution in [0.15, 0.2) is 0 Å². The topological polar surface area (TPSA) is 84.1 Å². The van der Waals surface area contributed by atoms with Gasteiger partial charge in [-0.05, 0) is 12.8 Å². The van der Waals surface area contributed by atoms with E-state index >= 15 is 0 Å². The van der Waals surface area contributed by atoms with E-state index in [1.165, 1.54) is 14.2 Å². The van der Waals surface area contributed by atoms with Gasteiger partial charge >= 0.3 is 11.9 Å². The lowest BCUT2D eigenvalue weighted by Crippen LogP contribution is -2.34. The summed E-state index contributed by atoms with van der Waals surface area (Å²) in [5.41, 5.74) is 0. The zero-order chi connectivity index (χ0) is 10.6. The first-order valence-corrected chi connectivity index (χ1v) is 4.86. The highest BCUT2D eigenvalue weighted by Gasteiger charge is 2.36. The lowest BCUT2D eigenvalue weighted by molar-refractivity contribution is -0.159. The van der Waals surface area contributed by atoms with Crippen molar-refractivity contribution in [3.8, 4) is 0 Å². The van der Waals surface area contributed by atoms with Crippen LogP contribution in [0.25, 0.3) is 0 Å². The van der Waals surface area contributed by atoms with E-state index in [-0.39, 0.29) is 29.3 Å². The van der Waals surface area contributed by atoms with E-state index in [1.807, 2.05) is 0 Å². The Morgan fingerprint density at radius 2 is 1.27 bits per heavy atom. The molecule has 2 N–H and O–H groups in total. The quantitative estimate of drug-likeness (QED) is 0.624. The fourth-order valence-corrected chi connectivity index (χ4v) is 2.00. The number of hydrogen-bond acceptors (Lipinski definition) is 4. The molecule has 0 aromatic heterocycles. The van der Waals surface area contributed by atoms with Crippen LogP contribution in [0.1, 0.15) is 25.7 Å². The second-order valence-electron chi connectivity index (χ2n) is 3.54. The van der Waals surface area contributed by atoms with Crippen LogP contribution < -0.4 is 0 Å². The van der Waals surface area contributed by atoms with Crippen molar-refractivity contribution >= 4 is 11.9 Å². The van der Waals surface area contributed by atoms with Crippen molar-refractivity contribution in [2.24, 2.45) is 11.8 Å². The van der Waals surface area contributed by atoms with Crippen molar-refractivity contribution in [3.05, 3.63) is 0 Å². The number of hydrogen-bond donors (Lipinski definition) is 0. The number of methoxy groups -OCH3 is 2. The van der Waals surface area contributed by atoms with Crippen LogP contribution in [0.3, 0.4) is 0 Å². The Morgan fingerprint density at radius 1 is 0.933 bits per heavy atom. The lowest BCUT2D eigenvalue weighted by Gasteiger charge is -2.27. The molecule has 0 radical (unpaired) electrons. The Morgan fingerprint density at radius 3 is 1.53 bits per heavy atom. The molecular weight excluding hydrogens is 200 g/mol. The highest BCUT2D eigenvalue weighted by atomic mass is 16.5. The number of carbonyl (C=O) groups is 2. The molecule has 0 aromatic rings. The maximum absolute atomic E-state index is 11.4. The summed E-state index contributed by atoms with van der Waals surface area (Å²) in [5, 5.41) is 0. The fourth-order valence-electron chi connectivity index (χ4n) is 2.00. The van der Waals surface area contributed by atoms with E-state index in [0.717, 1.165) is 25.7 Å². The summed E-state index contributed by atoms with van der Waals surface area (Å²) >= 11 is 0. The van der Waals surface area contributed by atoms with Crippen LogP contribution in [0.5, 0.6) is 0 Å². The molecule has 2 atom stereocenters. The summed E-state index contributed by atoms with van der Waals surface area (Å²) in [6.45, 7) is 0. The van der Waals surface area contributed by atoms with E-state index < -0.39 is 0 Å². The molecule has 0 aliphatic heterocycles. The first kappa shape index (κ1) is 13.9. The smallest absolute Gasteiger partial charge is 0.309 e. The minimum absolute atomic E-state index is 0. The van der Waals surface area contributed by atoms with E-state index in [4.69, 9.17) is 0 Å². The largest absolute Gasteiger partial charge is 0.469 e. The molecule has 1 aliphatic rings. The molecule has 88 valence electrons. The highest BCUT2D eigenvalue weighted by Crippen LogP contribution is 2.31. The van der Waals surface area contributed by atoms with Crippen LogP contribution in [0.2, 0.25) is 0 Å². The van der Waals surface area contributed by atoms with Gasteiger partial charge in [0.1, 0.15) is 0 Å². The molecular formula is C10H18O5. The number of esters is 2. The van der Waals surface area contributed by atoms with Gasteiger partial charge in [0.15, 0.2) is 0 Å². The molecule has 0 heterocycles. The molecule has 1 rings (SSSR count). The zero-order valence-electron chi connectivity index (χ0n) is 9.12. The summed E-state index contributed by atoms with van der Waals surface area (Å²) in [6.07, 6.45) is 3.42. The van der Waals surface area contributed by atoms with Crippen LogP contribution in [0.4, 0.5) is 0 Å². The molecule has 0 unspecified atom stereocenters. The van der Waals surface area contributed by atoms with E-state index in [2.05, 4.69) is 9.47 Å². The predicted octanol–water partition coefficient (Wildman–Crippen LogP) is 0.314. The molecule has 0 saturated heterocycles. The zero-order valence-corrected chi connectivity index (χ0v) is 9.12. The molecule has 1 aliphatic carbocycles. The normalized spacial score (nSPS) is 24.9. The molecule has 5 nitrogen and oxygen atoms in total. The average molecular weight is 218 g/mol. The minimum atomic E-state index is -0.304. The van der Waals surface area contributed by atoms with Gasteiger partial charge in [0.05, 0.1) is 26.1 Å². The van der Waals surface area contributed by atoms with Gasteiger partial charge in [-0.15, -0.1) is 0 Å². The Labute approximate surface area is 89.0 Å². The minimum Gasteiger partial charge on any atom is -0.469 e. The van der Waals surface area contributed by atoms with Crippen LogP contribution in [-0.4, -0.2) is 31.6 Å². The van der Waals surface area contributed by atoms with Crippen LogP contribution in [-0.2, 0) is 19.1 Å². The van der Waals surface area contributed by atoms with Gasteiger partial charge < -0.3 is 14.9 Å². The van der Waals surface area contributed by atoms with Crippen molar-refractivity contribution in [1.82, 2.24) is 0 Å². The summed E-state index contributed by atoms with van der Waals surface area (Å²) in [6, 6.07) is 0. The number of ether oxygens (including phenoxy) is 2. The van der Waals surface area contributed by atoms with Crippen LogP contribution >= 0.6 is 0 Å². The lowest BCUT2D eigenvalue weighted by atomic mass is 9.79. The Balaban J connectivity index is 0.00000196. The van der Waals surface area contributed by atoms with Gasteiger partial charge in [0.2, 0.25) is 0 Å². The standard InChI is InChI=1S/C10H16O4.H2O/c1-13-9(11)7-5-3-4-6-8(7)10(12)14-2;/h7-8H,3-6H2,1-2H3;1H2/t7-,8-;/m1./s1. The maximum Gasteiger partial charge on any atom is 0.309 e. The first-order valence-electron chi connectivity index (χ1n) is 4.86. The second-order valence-corrected chi connectivity index (χ2v) is 3.54. The third kappa shape index (κ3) is 3.20. The van der Waals surface area contributed by atoms with E-state index in [9.17, 15) is 9.59 Å². The van der Waals surface area contributed by atoms with Gasteiger partial charge in [-0.3, -0.25) is 9.59 Å². The number of carbonyl (C=O) groups excluding carboxylic acids is 2. The third-order valence-corrected chi connectivity index (χ3v) is 2.77. The van der Waals surface area contributed by atoms with Crippen molar-refractivity contribution in [2.75, 3.05) is 14.2 Å². The number of rotatable bonds is 2. The third-order valence-electron chi connectivity index (χ3n) is 2.77. The van der Waals surface area contributed by atoms with Gasteiger partial charge in [-0.2, -0.15) is 0 Å². The molecule has 5 heteroatoms. The van der Waals surface area contributed by atoms with E-state index in [0.29, 0.717) is 0 Å². The SMILES string of the molecule is COC(=O)[C@@H]1CCCC[C@H]1C(=O)OC.O. The average Bonchev–Trinajstić information content (AvgIpc) is 2.27. The molecule has 1 saturated carbocycles. The Kier molecular flexibility index (Phi) is 5.93. The molecule has 0 amide bonds. The van der Waals surface area contributed by atoms with Crippen LogP contribution in [0, 0.1) is 11.8 Å². The summed E-state index contributed by atoms with van der Waals surface area (Å²) in [4.78, 5) is 22.7. The van der Waals surface area contributed by atoms with Gasteiger partial charge in [0, 0.05) is 0 Å². The monoisotopic (exact) mass is 218 g/mol. The summed E-state index contributed by atoms with van der Waals surface area (Å²) in [5.74, 6) is -1.19. The van der Waals surface area contributed by atoms with Crippen molar-refractivity contribution < 1.29 is 24.5 Å². The Bertz CT molecular complexity index is 202. The molecule has 0 bridgehead atoms. The summed E-state index contributed by atoms with van der Waals surface area (Å²) < 4.78 is 9.34. The predicted molar refractivity (Wildman–Crippen MR) is 53.1 cm³/mol. The van der Waals surface area contributed by atoms with Gasteiger partial charge in [0.25, 0.3) is 0 Å².